The Morgan fingerprint density at radius 1 is 0.482 bits per heavy atom. The van der Waals surface area contributed by atoms with Gasteiger partial charge >= 0.3 is 0 Å². The van der Waals surface area contributed by atoms with E-state index in [1.165, 1.54) is 16.3 Å². The van der Waals surface area contributed by atoms with Gasteiger partial charge in [0.25, 0.3) is 0 Å². The minimum absolute atomic E-state index is 0.490. The molecule has 0 aliphatic rings. The van der Waals surface area contributed by atoms with Crippen molar-refractivity contribution in [2.75, 3.05) is 4.90 Å². The van der Waals surface area contributed by atoms with Gasteiger partial charge < -0.3 is 14.0 Å². The smallest absolute Gasteiger partial charge is 0.195 e. The number of rotatable bonds is 6. The Hall–Kier alpha value is -7.86. The molecule has 5 nitrogen and oxygen atoms in total. The van der Waals surface area contributed by atoms with Crippen LogP contribution >= 0.6 is 0 Å². The first-order valence-corrected chi connectivity index (χ1v) is 18.6. The van der Waals surface area contributed by atoms with E-state index in [2.05, 4.69) is 177 Å². The van der Waals surface area contributed by atoms with Gasteiger partial charge in [0.05, 0.1) is 40.3 Å². The van der Waals surface area contributed by atoms with Crippen molar-refractivity contribution in [1.29, 1.82) is 5.26 Å². The van der Waals surface area contributed by atoms with E-state index in [4.69, 9.17) is 6.57 Å². The Kier molecular flexibility index (Phi) is 7.73. The SMILES string of the molecule is [C-]#[N+]c1ccc(-n2c3ccccc3c3cc(N(c4ccccc4)c4ccccc4)ccc32)cc1-c1cc(-n2c3ccccc3c3cc(C)ccc32)ccc1C#N. The Labute approximate surface area is 324 Å². The maximum absolute atomic E-state index is 10.5. The molecule has 10 aromatic rings. The van der Waals surface area contributed by atoms with E-state index >= 15 is 0 Å². The number of aromatic nitrogens is 2. The van der Waals surface area contributed by atoms with Crippen LogP contribution in [-0.4, -0.2) is 9.13 Å². The van der Waals surface area contributed by atoms with Crippen molar-refractivity contribution in [1.82, 2.24) is 9.13 Å². The van der Waals surface area contributed by atoms with Gasteiger partial charge in [-0.3, -0.25) is 0 Å². The summed E-state index contributed by atoms with van der Waals surface area (Å²) in [6.45, 7) is 10.3. The van der Waals surface area contributed by atoms with Crippen molar-refractivity contribution in [2.45, 2.75) is 6.92 Å². The summed E-state index contributed by atoms with van der Waals surface area (Å²) in [5.74, 6) is 0. The molecule has 0 bridgehead atoms. The van der Waals surface area contributed by atoms with E-state index in [-0.39, 0.29) is 0 Å². The zero-order valence-corrected chi connectivity index (χ0v) is 30.6. The second-order valence-electron chi connectivity index (χ2n) is 14.1. The van der Waals surface area contributed by atoms with E-state index in [0.29, 0.717) is 11.3 Å². The van der Waals surface area contributed by atoms with Crippen LogP contribution in [0.4, 0.5) is 22.7 Å². The van der Waals surface area contributed by atoms with Gasteiger partial charge in [-0.1, -0.05) is 90.5 Å². The average Bonchev–Trinajstić information content (AvgIpc) is 3.76. The summed E-state index contributed by atoms with van der Waals surface area (Å²) in [5.41, 5.74) is 13.0. The topological polar surface area (TPSA) is 41.2 Å². The maximum Gasteiger partial charge on any atom is 0.195 e. The van der Waals surface area contributed by atoms with Crippen LogP contribution in [0.5, 0.6) is 0 Å². The fraction of sp³-hybridized carbons (Fsp3) is 0.0196. The number of nitriles is 1. The van der Waals surface area contributed by atoms with Crippen LogP contribution in [0, 0.1) is 24.8 Å². The van der Waals surface area contributed by atoms with Crippen molar-refractivity contribution in [3.8, 4) is 28.6 Å². The van der Waals surface area contributed by atoms with Crippen molar-refractivity contribution < 1.29 is 0 Å². The van der Waals surface area contributed by atoms with Crippen LogP contribution in [0.1, 0.15) is 11.1 Å². The van der Waals surface area contributed by atoms with Crippen molar-refractivity contribution in [3.63, 3.8) is 0 Å². The number of nitrogens with zero attached hydrogens (tertiary/aromatic N) is 5. The molecular weight excluding hydrogens is 683 g/mol. The lowest BCUT2D eigenvalue weighted by molar-refractivity contribution is 1.17. The zero-order chi connectivity index (χ0) is 37.8. The van der Waals surface area contributed by atoms with Crippen LogP contribution in [0.2, 0.25) is 0 Å². The Balaban J connectivity index is 1.17. The zero-order valence-electron chi connectivity index (χ0n) is 30.6. The van der Waals surface area contributed by atoms with Crippen LogP contribution in [0.3, 0.4) is 0 Å². The second-order valence-corrected chi connectivity index (χ2v) is 14.1. The minimum atomic E-state index is 0.490. The average molecular weight is 716 g/mol. The largest absolute Gasteiger partial charge is 0.310 e. The fourth-order valence-electron chi connectivity index (χ4n) is 8.31. The van der Waals surface area contributed by atoms with Gasteiger partial charge in [0.15, 0.2) is 5.69 Å². The molecule has 2 heterocycles. The number of anilines is 3. The molecule has 0 N–H and O–H groups in total. The number of hydrogen-bond acceptors (Lipinski definition) is 2. The van der Waals surface area contributed by atoms with E-state index in [1.54, 1.807) is 0 Å². The first-order valence-electron chi connectivity index (χ1n) is 18.6. The molecule has 0 aliphatic heterocycles. The third-order valence-electron chi connectivity index (χ3n) is 10.8. The molecule has 0 radical (unpaired) electrons. The molecule has 0 atom stereocenters. The first-order chi connectivity index (χ1) is 27.6. The Morgan fingerprint density at radius 3 is 1.61 bits per heavy atom. The van der Waals surface area contributed by atoms with Crippen LogP contribution in [-0.2, 0) is 0 Å². The lowest BCUT2D eigenvalue weighted by Gasteiger charge is -2.25. The fourth-order valence-corrected chi connectivity index (χ4v) is 8.31. The molecular formula is C51H33N5. The van der Waals surface area contributed by atoms with Gasteiger partial charge in [0.1, 0.15) is 0 Å². The minimum Gasteiger partial charge on any atom is -0.310 e. The molecule has 0 fully saturated rings. The quantitative estimate of drug-likeness (QED) is 0.161. The highest BCUT2D eigenvalue weighted by Gasteiger charge is 2.20. The van der Waals surface area contributed by atoms with E-state index in [0.717, 1.165) is 72.4 Å². The molecule has 0 saturated carbocycles. The van der Waals surface area contributed by atoms with Gasteiger partial charge in [-0.05, 0) is 115 Å². The van der Waals surface area contributed by atoms with Gasteiger partial charge in [-0.15, -0.1) is 0 Å². The summed E-state index contributed by atoms with van der Waals surface area (Å²) in [6, 6.07) is 65.3. The van der Waals surface area contributed by atoms with Crippen molar-refractivity contribution >= 4 is 66.4 Å². The van der Waals surface area contributed by atoms with Crippen LogP contribution < -0.4 is 4.90 Å². The number of aryl methyl sites for hydroxylation is 1. The van der Waals surface area contributed by atoms with E-state index in [1.807, 2.05) is 36.4 Å². The van der Waals surface area contributed by atoms with Gasteiger partial charge in [0.2, 0.25) is 0 Å². The molecule has 0 saturated heterocycles. The second kappa shape index (κ2) is 13.2. The molecule has 10 rings (SSSR count). The summed E-state index contributed by atoms with van der Waals surface area (Å²) < 4.78 is 4.53. The summed E-state index contributed by atoms with van der Waals surface area (Å²) in [7, 11) is 0. The Bertz CT molecular complexity index is 3190. The molecule has 262 valence electrons. The van der Waals surface area contributed by atoms with Gasteiger partial charge in [0, 0.05) is 50.0 Å². The molecule has 0 unspecified atom stereocenters. The predicted molar refractivity (Wildman–Crippen MR) is 231 cm³/mol. The number of fused-ring (bicyclic) bond motifs is 6. The van der Waals surface area contributed by atoms with Crippen LogP contribution in [0.15, 0.2) is 182 Å². The highest BCUT2D eigenvalue weighted by atomic mass is 15.1. The molecule has 0 amide bonds. The predicted octanol–water partition coefficient (Wildman–Crippen LogP) is 13.7. The van der Waals surface area contributed by atoms with Gasteiger partial charge in [-0.2, -0.15) is 5.26 Å². The summed E-state index contributed by atoms with van der Waals surface area (Å²) in [4.78, 5) is 6.26. The molecule has 8 aromatic carbocycles. The number of para-hydroxylation sites is 4. The normalized spacial score (nSPS) is 11.3. The summed E-state index contributed by atoms with van der Waals surface area (Å²) in [5, 5.41) is 15.1. The van der Waals surface area contributed by atoms with Gasteiger partial charge in [-0.25, -0.2) is 4.85 Å². The highest BCUT2D eigenvalue weighted by Crippen LogP contribution is 2.42. The summed E-state index contributed by atoms with van der Waals surface area (Å²) in [6.07, 6.45) is 0. The molecule has 0 aliphatic carbocycles. The Morgan fingerprint density at radius 2 is 1.00 bits per heavy atom. The van der Waals surface area contributed by atoms with Crippen molar-refractivity contribution in [3.05, 3.63) is 205 Å². The van der Waals surface area contributed by atoms with Crippen LogP contribution in [0.25, 0.3) is 71.0 Å². The van der Waals surface area contributed by atoms with E-state index < -0.39 is 0 Å². The molecule has 2 aromatic heterocycles. The van der Waals surface area contributed by atoms with E-state index in [9.17, 15) is 5.26 Å². The lowest BCUT2D eigenvalue weighted by Crippen LogP contribution is -2.09. The standard InChI is InChI=1S/C51H33N5/c1-34-21-27-50-45(29-34)41-17-9-11-19-48(41)55(50)39-23-22-35(33-52)43(30-39)44-31-40(24-26-47(44)53-2)56-49-20-12-10-18-42(49)46-32-38(25-28-51(46)56)54(36-13-5-3-6-14-36)37-15-7-4-8-16-37/h3-32H,1H3. The number of hydrogen-bond donors (Lipinski definition) is 0. The maximum atomic E-state index is 10.5. The first kappa shape index (κ1) is 32.8. The highest BCUT2D eigenvalue weighted by molar-refractivity contribution is 6.11. The summed E-state index contributed by atoms with van der Waals surface area (Å²) >= 11 is 0. The monoisotopic (exact) mass is 715 g/mol. The molecule has 56 heavy (non-hydrogen) atoms. The lowest BCUT2D eigenvalue weighted by atomic mass is 9.97. The molecule has 5 heteroatoms. The van der Waals surface area contributed by atoms with Crippen molar-refractivity contribution in [2.24, 2.45) is 0 Å². The molecule has 0 spiro atoms. The number of benzene rings is 8. The third-order valence-corrected chi connectivity index (χ3v) is 10.8. The third kappa shape index (κ3) is 5.22.